The van der Waals surface area contributed by atoms with E-state index in [0.717, 1.165) is 11.3 Å². The molecule has 0 bridgehead atoms. The number of nitrogens with zero attached hydrogens (tertiary/aromatic N) is 1. The van der Waals surface area contributed by atoms with Gasteiger partial charge in [-0.2, -0.15) is 0 Å². The molecule has 3 nitrogen and oxygen atoms in total. The SMILES string of the molecule is CC(C)(CN=C(N)Nc1ccccc1)c1cccc(F)c1. The third-order valence-corrected chi connectivity index (χ3v) is 3.30. The van der Waals surface area contributed by atoms with Gasteiger partial charge in [0, 0.05) is 11.1 Å². The van der Waals surface area contributed by atoms with Crippen molar-refractivity contribution in [3.63, 3.8) is 0 Å². The lowest BCUT2D eigenvalue weighted by Crippen LogP contribution is -2.27. The zero-order chi connectivity index (χ0) is 15.3. The van der Waals surface area contributed by atoms with Crippen LogP contribution in [0.3, 0.4) is 0 Å². The lowest BCUT2D eigenvalue weighted by atomic mass is 9.85. The molecule has 0 radical (unpaired) electrons. The Kier molecular flexibility index (Phi) is 4.58. The molecule has 0 saturated heterocycles. The van der Waals surface area contributed by atoms with Gasteiger partial charge in [0.2, 0.25) is 0 Å². The van der Waals surface area contributed by atoms with Crippen molar-refractivity contribution in [2.45, 2.75) is 19.3 Å². The van der Waals surface area contributed by atoms with E-state index in [1.54, 1.807) is 6.07 Å². The molecule has 0 aliphatic heterocycles. The van der Waals surface area contributed by atoms with Crippen molar-refractivity contribution in [1.82, 2.24) is 0 Å². The highest BCUT2D eigenvalue weighted by molar-refractivity contribution is 5.92. The maximum atomic E-state index is 13.3. The summed E-state index contributed by atoms with van der Waals surface area (Å²) in [5.41, 5.74) is 7.39. The van der Waals surface area contributed by atoms with Crippen LogP contribution in [0.15, 0.2) is 59.6 Å². The van der Waals surface area contributed by atoms with Crippen molar-refractivity contribution in [3.8, 4) is 0 Å². The van der Waals surface area contributed by atoms with Gasteiger partial charge in [-0.15, -0.1) is 0 Å². The van der Waals surface area contributed by atoms with E-state index in [4.69, 9.17) is 5.73 Å². The number of benzene rings is 2. The van der Waals surface area contributed by atoms with Gasteiger partial charge in [-0.3, -0.25) is 4.99 Å². The monoisotopic (exact) mass is 285 g/mol. The Balaban J connectivity index is 2.04. The summed E-state index contributed by atoms with van der Waals surface area (Å²) in [6, 6.07) is 16.2. The van der Waals surface area contributed by atoms with E-state index in [1.165, 1.54) is 12.1 Å². The summed E-state index contributed by atoms with van der Waals surface area (Å²) in [5.74, 6) is 0.116. The second kappa shape index (κ2) is 6.39. The van der Waals surface area contributed by atoms with Crippen molar-refractivity contribution >= 4 is 11.6 Å². The Morgan fingerprint density at radius 2 is 1.86 bits per heavy atom. The van der Waals surface area contributed by atoms with Crippen LogP contribution in [0.5, 0.6) is 0 Å². The van der Waals surface area contributed by atoms with Crippen LogP contribution in [0.25, 0.3) is 0 Å². The summed E-state index contributed by atoms with van der Waals surface area (Å²) in [4.78, 5) is 4.36. The van der Waals surface area contributed by atoms with Gasteiger partial charge >= 0.3 is 0 Å². The zero-order valence-electron chi connectivity index (χ0n) is 12.3. The van der Waals surface area contributed by atoms with Gasteiger partial charge in [-0.1, -0.05) is 44.2 Å². The number of para-hydroxylation sites is 1. The molecule has 3 N–H and O–H groups in total. The van der Waals surface area contributed by atoms with Crippen LogP contribution in [0.1, 0.15) is 19.4 Å². The molecule has 0 atom stereocenters. The zero-order valence-corrected chi connectivity index (χ0v) is 12.3. The normalized spacial score (nSPS) is 12.2. The molecule has 0 saturated carbocycles. The average molecular weight is 285 g/mol. The van der Waals surface area contributed by atoms with Crippen molar-refractivity contribution in [3.05, 3.63) is 66.0 Å². The van der Waals surface area contributed by atoms with Gasteiger partial charge in [0.25, 0.3) is 0 Å². The molecule has 0 heterocycles. The van der Waals surface area contributed by atoms with E-state index in [0.29, 0.717) is 12.5 Å². The van der Waals surface area contributed by atoms with Crippen molar-refractivity contribution in [2.24, 2.45) is 10.7 Å². The van der Waals surface area contributed by atoms with Crippen LogP contribution in [-0.4, -0.2) is 12.5 Å². The number of rotatable bonds is 4. The fourth-order valence-electron chi connectivity index (χ4n) is 1.99. The molecule has 0 fully saturated rings. The molecule has 2 aromatic carbocycles. The molecule has 110 valence electrons. The summed E-state index contributed by atoms with van der Waals surface area (Å²) in [5, 5.41) is 3.03. The molecule has 0 spiro atoms. The average Bonchev–Trinajstić information content (AvgIpc) is 2.46. The molecular formula is C17H20FN3. The second-order valence-electron chi connectivity index (χ2n) is 5.59. The highest BCUT2D eigenvalue weighted by Crippen LogP contribution is 2.24. The summed E-state index contributed by atoms with van der Waals surface area (Å²) in [6.07, 6.45) is 0. The maximum absolute atomic E-state index is 13.3. The van der Waals surface area contributed by atoms with E-state index >= 15 is 0 Å². The lowest BCUT2D eigenvalue weighted by molar-refractivity contribution is 0.532. The summed E-state index contributed by atoms with van der Waals surface area (Å²) in [6.45, 7) is 4.50. The molecule has 0 amide bonds. The smallest absolute Gasteiger partial charge is 0.193 e. The van der Waals surface area contributed by atoms with Gasteiger partial charge in [0.1, 0.15) is 5.82 Å². The van der Waals surface area contributed by atoms with E-state index < -0.39 is 0 Å². The fourth-order valence-corrected chi connectivity index (χ4v) is 1.99. The molecule has 0 aliphatic carbocycles. The molecule has 2 aromatic rings. The number of hydrogen-bond acceptors (Lipinski definition) is 1. The molecule has 21 heavy (non-hydrogen) atoms. The topological polar surface area (TPSA) is 50.4 Å². The van der Waals surface area contributed by atoms with E-state index in [9.17, 15) is 4.39 Å². The minimum Gasteiger partial charge on any atom is -0.370 e. The Labute approximate surface area is 124 Å². The number of hydrogen-bond donors (Lipinski definition) is 2. The molecule has 0 aromatic heterocycles. The first-order valence-corrected chi connectivity index (χ1v) is 6.85. The number of anilines is 1. The number of nitrogens with one attached hydrogen (secondary N) is 1. The Hall–Kier alpha value is -2.36. The predicted molar refractivity (Wildman–Crippen MR) is 86.0 cm³/mol. The summed E-state index contributed by atoms with van der Waals surface area (Å²) >= 11 is 0. The first kappa shape index (κ1) is 15.0. The van der Waals surface area contributed by atoms with Gasteiger partial charge in [-0.05, 0) is 29.8 Å². The third kappa shape index (κ3) is 4.31. The van der Waals surface area contributed by atoms with Gasteiger partial charge in [-0.25, -0.2) is 4.39 Å². The Bertz CT molecular complexity index is 621. The number of guanidine groups is 1. The van der Waals surface area contributed by atoms with Crippen molar-refractivity contribution in [1.29, 1.82) is 0 Å². The van der Waals surface area contributed by atoms with Crippen LogP contribution in [0.2, 0.25) is 0 Å². The van der Waals surface area contributed by atoms with E-state index in [-0.39, 0.29) is 11.2 Å². The highest BCUT2D eigenvalue weighted by atomic mass is 19.1. The molecule has 0 aliphatic rings. The Morgan fingerprint density at radius 3 is 2.52 bits per heavy atom. The van der Waals surface area contributed by atoms with Crippen molar-refractivity contribution in [2.75, 3.05) is 11.9 Å². The first-order chi connectivity index (χ1) is 9.97. The van der Waals surface area contributed by atoms with E-state index in [1.807, 2.05) is 50.2 Å². The van der Waals surface area contributed by atoms with Crippen molar-refractivity contribution < 1.29 is 4.39 Å². The fraction of sp³-hybridized carbons (Fsp3) is 0.235. The van der Waals surface area contributed by atoms with E-state index in [2.05, 4.69) is 10.3 Å². The molecule has 4 heteroatoms. The first-order valence-electron chi connectivity index (χ1n) is 6.85. The summed E-state index contributed by atoms with van der Waals surface area (Å²) < 4.78 is 13.3. The van der Waals surface area contributed by atoms with Crippen LogP contribution in [-0.2, 0) is 5.41 Å². The van der Waals surface area contributed by atoms with Crippen LogP contribution in [0, 0.1) is 5.82 Å². The largest absolute Gasteiger partial charge is 0.370 e. The maximum Gasteiger partial charge on any atom is 0.193 e. The second-order valence-corrected chi connectivity index (χ2v) is 5.59. The van der Waals surface area contributed by atoms with Gasteiger partial charge in [0.05, 0.1) is 6.54 Å². The minimum atomic E-state index is -0.287. The van der Waals surface area contributed by atoms with Gasteiger partial charge < -0.3 is 11.1 Å². The number of nitrogens with two attached hydrogens (primary N) is 1. The van der Waals surface area contributed by atoms with Crippen LogP contribution < -0.4 is 11.1 Å². The summed E-state index contributed by atoms with van der Waals surface area (Å²) in [7, 11) is 0. The van der Waals surface area contributed by atoms with Gasteiger partial charge in [0.15, 0.2) is 5.96 Å². The minimum absolute atomic E-state index is 0.236. The number of halogens is 1. The lowest BCUT2D eigenvalue weighted by Gasteiger charge is -2.23. The molecule has 0 unspecified atom stereocenters. The molecule has 2 rings (SSSR count). The third-order valence-electron chi connectivity index (χ3n) is 3.30. The standard InChI is InChI=1S/C17H20FN3/c1-17(2,13-7-6-8-14(18)11-13)12-20-16(19)21-15-9-4-3-5-10-15/h3-11H,12H2,1-2H3,(H3,19,20,21). The Morgan fingerprint density at radius 1 is 1.14 bits per heavy atom. The van der Waals surface area contributed by atoms with Crippen LogP contribution in [0.4, 0.5) is 10.1 Å². The molecular weight excluding hydrogens is 265 g/mol. The highest BCUT2D eigenvalue weighted by Gasteiger charge is 2.20. The van der Waals surface area contributed by atoms with Crippen LogP contribution >= 0.6 is 0 Å². The predicted octanol–water partition coefficient (Wildman–Crippen LogP) is 3.53. The quantitative estimate of drug-likeness (QED) is 0.667. The number of aliphatic imine (C=N–C) groups is 1.